The second kappa shape index (κ2) is 4.96. The van der Waals surface area contributed by atoms with Crippen molar-refractivity contribution in [3.8, 4) is 6.07 Å². The monoisotopic (exact) mass is 314 g/mol. The first kappa shape index (κ1) is 13.5. The third-order valence-corrected chi connectivity index (χ3v) is 5.74. The summed E-state index contributed by atoms with van der Waals surface area (Å²) < 4.78 is 13.1. The highest BCUT2D eigenvalue weighted by atomic mass is 32.1. The molecule has 2 atom stereocenters. The van der Waals surface area contributed by atoms with Crippen molar-refractivity contribution in [2.75, 3.05) is 12.3 Å². The Bertz CT molecular complexity index is 768. The Morgan fingerprint density at radius 1 is 1.45 bits per heavy atom. The minimum Gasteiger partial charge on any atom is -0.389 e. The molecule has 1 unspecified atom stereocenters. The third kappa shape index (κ3) is 1.97. The maximum Gasteiger partial charge on any atom is 0.119 e. The van der Waals surface area contributed by atoms with Crippen LogP contribution in [0.1, 0.15) is 34.8 Å². The molecule has 1 aromatic rings. The fourth-order valence-corrected chi connectivity index (χ4v) is 4.64. The van der Waals surface area contributed by atoms with Crippen LogP contribution in [-0.4, -0.2) is 23.3 Å². The number of nitrogens with two attached hydrogens (primary N) is 1. The minimum atomic E-state index is -0.174. The topological polar surface area (TPSA) is 65.4 Å². The van der Waals surface area contributed by atoms with Crippen LogP contribution in [0, 0.1) is 11.3 Å². The molecule has 1 aliphatic heterocycles. The molecule has 0 fully saturated rings. The van der Waals surface area contributed by atoms with Crippen molar-refractivity contribution in [3.63, 3.8) is 0 Å². The number of hydrogen-bond donors (Lipinski definition) is 1. The Morgan fingerprint density at radius 2 is 2.32 bits per heavy atom. The lowest BCUT2D eigenvalue weighted by atomic mass is 9.86. The lowest BCUT2D eigenvalue weighted by Crippen LogP contribution is -2.29. The molecular weight excluding hydrogens is 299 g/mol. The van der Waals surface area contributed by atoms with Gasteiger partial charge in [-0.15, -0.1) is 11.3 Å². The summed E-state index contributed by atoms with van der Waals surface area (Å²) in [5.41, 5.74) is 8.92. The summed E-state index contributed by atoms with van der Waals surface area (Å²) in [4.78, 5) is 1.20. The Morgan fingerprint density at radius 3 is 3.05 bits per heavy atom. The van der Waals surface area contributed by atoms with Crippen LogP contribution in [-0.2, 0) is 6.42 Å². The van der Waals surface area contributed by atoms with E-state index in [9.17, 15) is 9.65 Å². The van der Waals surface area contributed by atoms with Gasteiger partial charge in [0.2, 0.25) is 0 Å². The van der Waals surface area contributed by atoms with E-state index in [0.29, 0.717) is 17.0 Å². The predicted octanol–water partition coefficient (Wildman–Crippen LogP) is 3.09. The highest BCUT2D eigenvalue weighted by molar-refractivity contribution is 7.16. The van der Waals surface area contributed by atoms with Crippen molar-refractivity contribution in [1.29, 1.82) is 5.26 Å². The van der Waals surface area contributed by atoms with E-state index in [2.05, 4.69) is 11.1 Å². The summed E-state index contributed by atoms with van der Waals surface area (Å²) in [6, 6.07) is 2.35. The quantitative estimate of drug-likeness (QED) is 0.866. The zero-order valence-electron chi connectivity index (χ0n) is 11.9. The number of halogens is 1. The summed E-state index contributed by atoms with van der Waals surface area (Å²) in [6.07, 6.45) is 7.35. The number of nitrogens with zero attached hydrogens (tertiary/aromatic N) is 3. The standard InChI is InChI=1S/C16H15FN4S/c17-9-1-3-10(4-2-9)21-8-13-14(20-21)6-5-11-12(7-18)16(19)22-15(11)13/h1-3,10,13H,4-6,8,19H2/t10-,13?/m0/s1. The smallest absolute Gasteiger partial charge is 0.119 e. The van der Waals surface area contributed by atoms with E-state index in [4.69, 9.17) is 10.8 Å². The number of allylic oxidation sites excluding steroid dienone is 2. The van der Waals surface area contributed by atoms with Crippen LogP contribution in [0.2, 0.25) is 0 Å². The Labute approximate surface area is 132 Å². The van der Waals surface area contributed by atoms with Crippen LogP contribution in [0.5, 0.6) is 0 Å². The minimum absolute atomic E-state index is 0.119. The fraction of sp³-hybridized carbons (Fsp3) is 0.375. The van der Waals surface area contributed by atoms with Gasteiger partial charge >= 0.3 is 0 Å². The second-order valence-electron chi connectivity index (χ2n) is 5.81. The van der Waals surface area contributed by atoms with Crippen LogP contribution in [0.4, 0.5) is 9.39 Å². The molecule has 0 aromatic carbocycles. The van der Waals surface area contributed by atoms with Crippen molar-refractivity contribution in [2.45, 2.75) is 31.2 Å². The summed E-state index contributed by atoms with van der Waals surface area (Å²) in [5, 5.41) is 16.7. The molecule has 3 aliphatic rings. The highest BCUT2D eigenvalue weighted by Gasteiger charge is 2.37. The Kier molecular flexibility index (Phi) is 3.05. The second-order valence-corrected chi connectivity index (χ2v) is 6.90. The first-order valence-corrected chi connectivity index (χ1v) is 8.18. The van der Waals surface area contributed by atoms with Crippen LogP contribution < -0.4 is 5.73 Å². The van der Waals surface area contributed by atoms with Crippen molar-refractivity contribution >= 4 is 22.0 Å². The lowest BCUT2D eigenvalue weighted by molar-refractivity contribution is 0.257. The van der Waals surface area contributed by atoms with E-state index in [0.717, 1.165) is 24.9 Å². The van der Waals surface area contributed by atoms with Gasteiger partial charge in [0.1, 0.15) is 16.9 Å². The SMILES string of the molecule is N#Cc1c(N)sc2c1CCC1=NN([C@H]3C=CC(F)=CC3)CC12. The van der Waals surface area contributed by atoms with Gasteiger partial charge in [0.05, 0.1) is 17.5 Å². The number of anilines is 1. The number of fused-ring (bicyclic) bond motifs is 3. The van der Waals surface area contributed by atoms with Crippen molar-refractivity contribution in [1.82, 2.24) is 5.01 Å². The lowest BCUT2D eigenvalue weighted by Gasteiger charge is -2.25. The van der Waals surface area contributed by atoms with Gasteiger partial charge in [-0.25, -0.2) is 4.39 Å². The molecule has 0 saturated heterocycles. The van der Waals surface area contributed by atoms with Gasteiger partial charge in [-0.05, 0) is 37.0 Å². The molecular formula is C16H15FN4S. The zero-order valence-corrected chi connectivity index (χ0v) is 12.7. The molecule has 1 aromatic heterocycles. The fourth-order valence-electron chi connectivity index (χ4n) is 3.45. The average Bonchev–Trinajstić information content (AvgIpc) is 3.07. The van der Waals surface area contributed by atoms with Gasteiger partial charge in [-0.2, -0.15) is 10.4 Å². The third-order valence-electron chi connectivity index (χ3n) is 4.57. The summed E-state index contributed by atoms with van der Waals surface area (Å²) >= 11 is 1.52. The van der Waals surface area contributed by atoms with E-state index in [1.165, 1.54) is 28.0 Å². The van der Waals surface area contributed by atoms with Crippen LogP contribution in [0.3, 0.4) is 0 Å². The molecule has 4 nitrogen and oxygen atoms in total. The first-order valence-electron chi connectivity index (χ1n) is 7.36. The number of hydrazone groups is 1. The average molecular weight is 314 g/mol. The van der Waals surface area contributed by atoms with Gasteiger partial charge in [-0.3, -0.25) is 5.01 Å². The molecule has 2 N–H and O–H groups in total. The predicted molar refractivity (Wildman–Crippen MR) is 85.4 cm³/mol. The summed E-state index contributed by atoms with van der Waals surface area (Å²) in [5.74, 6) is 0.0646. The molecule has 2 aliphatic carbocycles. The van der Waals surface area contributed by atoms with Crippen molar-refractivity contribution in [3.05, 3.63) is 40.1 Å². The Balaban J connectivity index is 1.62. The largest absolute Gasteiger partial charge is 0.389 e. The van der Waals surface area contributed by atoms with Gasteiger partial charge in [0, 0.05) is 17.1 Å². The first-order chi connectivity index (χ1) is 10.7. The molecule has 22 heavy (non-hydrogen) atoms. The molecule has 112 valence electrons. The molecule has 0 spiro atoms. The molecule has 0 bridgehead atoms. The maximum absolute atomic E-state index is 13.1. The number of thiophene rings is 1. The molecule has 2 heterocycles. The van der Waals surface area contributed by atoms with Crippen LogP contribution in [0.15, 0.2) is 29.2 Å². The molecule has 0 radical (unpaired) electrons. The zero-order chi connectivity index (χ0) is 15.3. The van der Waals surface area contributed by atoms with E-state index >= 15 is 0 Å². The number of nitriles is 1. The van der Waals surface area contributed by atoms with E-state index in [1.807, 2.05) is 6.08 Å². The molecule has 6 heteroatoms. The number of nitrogen functional groups attached to an aromatic ring is 1. The maximum atomic E-state index is 13.1. The van der Waals surface area contributed by atoms with Gasteiger partial charge in [-0.1, -0.05) is 6.08 Å². The van der Waals surface area contributed by atoms with Gasteiger partial charge in [0.25, 0.3) is 0 Å². The van der Waals surface area contributed by atoms with E-state index in [1.54, 1.807) is 6.08 Å². The molecule has 4 rings (SSSR count). The molecule has 0 amide bonds. The Hall–Kier alpha value is -2.13. The number of hydrogen-bond acceptors (Lipinski definition) is 5. The molecule has 0 saturated carbocycles. The van der Waals surface area contributed by atoms with E-state index in [-0.39, 0.29) is 17.8 Å². The highest BCUT2D eigenvalue weighted by Crippen LogP contribution is 2.43. The van der Waals surface area contributed by atoms with Crippen molar-refractivity contribution in [2.24, 2.45) is 5.10 Å². The van der Waals surface area contributed by atoms with Crippen molar-refractivity contribution < 1.29 is 4.39 Å². The van der Waals surface area contributed by atoms with Gasteiger partial charge < -0.3 is 5.73 Å². The van der Waals surface area contributed by atoms with Crippen LogP contribution in [0.25, 0.3) is 0 Å². The summed E-state index contributed by atoms with van der Waals surface area (Å²) in [6.45, 7) is 0.789. The normalized spacial score (nSPS) is 26.1. The number of rotatable bonds is 1. The van der Waals surface area contributed by atoms with E-state index < -0.39 is 0 Å². The summed E-state index contributed by atoms with van der Waals surface area (Å²) in [7, 11) is 0. The van der Waals surface area contributed by atoms with Gasteiger partial charge in [0.15, 0.2) is 0 Å². The van der Waals surface area contributed by atoms with Crippen LogP contribution >= 0.6 is 11.3 Å².